The summed E-state index contributed by atoms with van der Waals surface area (Å²) < 4.78 is 0. The highest BCUT2D eigenvalue weighted by atomic mass is 35.5. The van der Waals surface area contributed by atoms with E-state index in [1.165, 1.54) is 0 Å². The number of carboxylic acid groups (broad SMARTS) is 1. The minimum Gasteiger partial charge on any atom is -0.481 e. The maximum Gasteiger partial charge on any atom is 0.303 e. The predicted molar refractivity (Wildman–Crippen MR) is 128 cm³/mol. The third-order valence-corrected chi connectivity index (χ3v) is 5.51. The number of para-hydroxylation sites is 2. The van der Waals surface area contributed by atoms with E-state index >= 15 is 0 Å². The molecule has 5 nitrogen and oxygen atoms in total. The van der Waals surface area contributed by atoms with E-state index < -0.39 is 5.97 Å². The monoisotopic (exact) mass is 437 g/mol. The minimum absolute atomic E-state index is 0.229. The van der Waals surface area contributed by atoms with Crippen LogP contribution in [0.4, 0.5) is 11.4 Å². The zero-order chi connectivity index (χ0) is 21.9. The van der Waals surface area contributed by atoms with Crippen LogP contribution in [-0.2, 0) is 4.79 Å². The van der Waals surface area contributed by atoms with Crippen molar-refractivity contribution in [3.8, 4) is 0 Å². The molecule has 0 saturated heterocycles. The van der Waals surface area contributed by atoms with E-state index in [4.69, 9.17) is 16.7 Å². The normalized spacial score (nSPS) is 16.2. The first-order valence-corrected chi connectivity index (χ1v) is 10.9. The Bertz CT molecular complexity index is 940. The molecular formula is C25H28ClN3O2. The van der Waals surface area contributed by atoms with Gasteiger partial charge in [-0.25, -0.2) is 0 Å². The number of rotatable bonds is 10. The number of aliphatic carboxylic acids is 1. The van der Waals surface area contributed by atoms with Gasteiger partial charge in [-0.15, -0.1) is 0 Å². The van der Waals surface area contributed by atoms with E-state index in [1.54, 1.807) is 0 Å². The van der Waals surface area contributed by atoms with Crippen LogP contribution in [0.3, 0.4) is 0 Å². The number of nitrogens with one attached hydrogen (secondary N) is 1. The highest BCUT2D eigenvalue weighted by Crippen LogP contribution is 2.27. The Morgan fingerprint density at radius 2 is 1.74 bits per heavy atom. The second-order valence-electron chi connectivity index (χ2n) is 7.53. The standard InChI is InChI=1S/C25H28ClN3O2/c26-25-20(16-27-22-10-4-1-5-11-22)18-29(15-9-3-8-14-24(30)31)19-21(25)17-28-23-12-6-2-7-13-23/h1-2,4-7,10-13,16-17,27H,3,8-9,14-15,18-19H2,(H,30,31)/b20-16+,28-17?. The van der Waals surface area contributed by atoms with Crippen molar-refractivity contribution in [3.63, 3.8) is 0 Å². The van der Waals surface area contributed by atoms with Crippen molar-refractivity contribution < 1.29 is 9.90 Å². The Morgan fingerprint density at radius 3 is 2.45 bits per heavy atom. The molecule has 0 radical (unpaired) electrons. The molecular weight excluding hydrogens is 410 g/mol. The zero-order valence-corrected chi connectivity index (χ0v) is 18.3. The molecule has 6 heteroatoms. The van der Waals surface area contributed by atoms with Crippen LogP contribution in [-0.4, -0.2) is 41.8 Å². The van der Waals surface area contributed by atoms with Crippen LogP contribution in [0.2, 0.25) is 0 Å². The number of carbonyl (C=O) groups is 1. The number of hydrogen-bond acceptors (Lipinski definition) is 4. The molecule has 31 heavy (non-hydrogen) atoms. The third-order valence-electron chi connectivity index (χ3n) is 5.03. The molecule has 0 bridgehead atoms. The third kappa shape index (κ3) is 7.70. The second-order valence-corrected chi connectivity index (χ2v) is 7.91. The Morgan fingerprint density at radius 1 is 1.03 bits per heavy atom. The van der Waals surface area contributed by atoms with Gasteiger partial charge < -0.3 is 10.4 Å². The molecule has 1 aliphatic rings. The van der Waals surface area contributed by atoms with Gasteiger partial charge in [-0.1, -0.05) is 54.4 Å². The number of benzene rings is 2. The minimum atomic E-state index is -0.732. The van der Waals surface area contributed by atoms with Crippen LogP contribution in [0.1, 0.15) is 25.7 Å². The highest BCUT2D eigenvalue weighted by Gasteiger charge is 2.21. The summed E-state index contributed by atoms with van der Waals surface area (Å²) in [5.41, 5.74) is 3.88. The lowest BCUT2D eigenvalue weighted by Gasteiger charge is -2.29. The molecule has 2 aromatic carbocycles. The first-order valence-electron chi connectivity index (χ1n) is 10.5. The Kier molecular flexibility index (Phi) is 8.88. The van der Waals surface area contributed by atoms with Crippen LogP contribution in [0.15, 0.2) is 88.0 Å². The summed E-state index contributed by atoms with van der Waals surface area (Å²) in [5.74, 6) is -0.732. The Labute approximate surface area is 188 Å². The average molecular weight is 438 g/mol. The molecule has 2 aromatic rings. The summed E-state index contributed by atoms with van der Waals surface area (Å²) >= 11 is 6.75. The van der Waals surface area contributed by atoms with Crippen molar-refractivity contribution in [1.29, 1.82) is 0 Å². The van der Waals surface area contributed by atoms with Crippen LogP contribution >= 0.6 is 11.6 Å². The molecule has 0 saturated carbocycles. The summed E-state index contributed by atoms with van der Waals surface area (Å²) in [4.78, 5) is 17.6. The van der Waals surface area contributed by atoms with E-state index in [9.17, 15) is 4.79 Å². The second kappa shape index (κ2) is 12.1. The van der Waals surface area contributed by atoms with Gasteiger partial charge in [0.1, 0.15) is 0 Å². The molecule has 0 aliphatic carbocycles. The number of carboxylic acids is 1. The summed E-state index contributed by atoms with van der Waals surface area (Å²) in [5, 5.41) is 12.9. The molecule has 0 amide bonds. The number of hydrogen-bond donors (Lipinski definition) is 2. The molecule has 0 aromatic heterocycles. The van der Waals surface area contributed by atoms with Crippen LogP contribution in [0.5, 0.6) is 0 Å². The molecule has 0 atom stereocenters. The van der Waals surface area contributed by atoms with Gasteiger partial charge in [-0.2, -0.15) is 0 Å². The summed E-state index contributed by atoms with van der Waals surface area (Å²) in [7, 11) is 0. The van der Waals surface area contributed by atoms with Crippen molar-refractivity contribution >= 4 is 35.2 Å². The maximum absolute atomic E-state index is 10.7. The van der Waals surface area contributed by atoms with Crippen molar-refractivity contribution in [2.24, 2.45) is 4.99 Å². The molecule has 162 valence electrons. The number of anilines is 1. The summed E-state index contributed by atoms with van der Waals surface area (Å²) in [6, 6.07) is 19.8. The van der Waals surface area contributed by atoms with Crippen molar-refractivity contribution in [3.05, 3.63) is 83.0 Å². The first-order chi connectivity index (χ1) is 15.1. The van der Waals surface area contributed by atoms with E-state index in [0.29, 0.717) is 6.42 Å². The first kappa shape index (κ1) is 22.8. The fourth-order valence-electron chi connectivity index (χ4n) is 3.41. The number of unbranched alkanes of at least 4 members (excludes halogenated alkanes) is 2. The van der Waals surface area contributed by atoms with Gasteiger partial charge in [-0.05, 0) is 43.7 Å². The maximum atomic E-state index is 10.7. The number of nitrogens with zero attached hydrogens (tertiary/aromatic N) is 2. The van der Waals surface area contributed by atoms with Gasteiger partial charge >= 0.3 is 5.97 Å². The number of halogens is 1. The van der Waals surface area contributed by atoms with Gasteiger partial charge in [0.15, 0.2) is 0 Å². The van der Waals surface area contributed by atoms with Gasteiger partial charge in [-0.3, -0.25) is 14.7 Å². The van der Waals surface area contributed by atoms with Crippen LogP contribution < -0.4 is 5.32 Å². The quantitative estimate of drug-likeness (QED) is 0.362. The van der Waals surface area contributed by atoms with Crippen molar-refractivity contribution in [2.75, 3.05) is 25.0 Å². The number of aliphatic imine (C=N–C) groups is 1. The van der Waals surface area contributed by atoms with Gasteiger partial charge in [0.25, 0.3) is 0 Å². The highest BCUT2D eigenvalue weighted by molar-refractivity contribution is 6.34. The van der Waals surface area contributed by atoms with Gasteiger partial charge in [0.2, 0.25) is 0 Å². The van der Waals surface area contributed by atoms with Crippen LogP contribution in [0, 0.1) is 0 Å². The largest absolute Gasteiger partial charge is 0.481 e. The van der Waals surface area contributed by atoms with Crippen LogP contribution in [0.25, 0.3) is 0 Å². The van der Waals surface area contributed by atoms with E-state index in [2.05, 4.69) is 15.2 Å². The van der Waals surface area contributed by atoms with Crippen molar-refractivity contribution in [1.82, 2.24) is 4.90 Å². The average Bonchev–Trinajstić information content (AvgIpc) is 2.79. The lowest BCUT2D eigenvalue weighted by molar-refractivity contribution is -0.137. The fraction of sp³-hybridized carbons (Fsp3) is 0.280. The fourth-order valence-corrected chi connectivity index (χ4v) is 3.63. The molecule has 0 spiro atoms. The molecule has 2 N–H and O–H groups in total. The zero-order valence-electron chi connectivity index (χ0n) is 17.5. The van der Waals surface area contributed by atoms with Gasteiger partial charge in [0.05, 0.1) is 10.7 Å². The van der Waals surface area contributed by atoms with Crippen molar-refractivity contribution in [2.45, 2.75) is 25.7 Å². The topological polar surface area (TPSA) is 64.9 Å². The summed E-state index contributed by atoms with van der Waals surface area (Å²) in [6.07, 6.45) is 6.60. The molecule has 1 aliphatic heterocycles. The lowest BCUT2D eigenvalue weighted by atomic mass is 10.1. The van der Waals surface area contributed by atoms with Gasteiger partial charge in [0, 0.05) is 48.8 Å². The SMILES string of the molecule is O=C(O)CCCCCN1CC(C=Nc2ccccc2)=C(Cl)/C(=C/Nc2ccccc2)C1. The van der Waals surface area contributed by atoms with E-state index in [-0.39, 0.29) is 6.42 Å². The molecule has 0 unspecified atom stereocenters. The predicted octanol–water partition coefficient (Wildman–Crippen LogP) is 5.84. The Balaban J connectivity index is 1.71. The Hall–Kier alpha value is -2.89. The molecule has 0 fully saturated rings. The van der Waals surface area contributed by atoms with E-state index in [0.717, 1.165) is 60.0 Å². The van der Waals surface area contributed by atoms with E-state index in [1.807, 2.05) is 73.1 Å². The molecule has 1 heterocycles. The smallest absolute Gasteiger partial charge is 0.303 e. The lowest BCUT2D eigenvalue weighted by Crippen LogP contribution is -2.34. The summed E-state index contributed by atoms with van der Waals surface area (Å²) in [6.45, 7) is 2.34. The molecule has 3 rings (SSSR count).